The van der Waals surface area contributed by atoms with E-state index in [1.54, 1.807) is 0 Å². The van der Waals surface area contributed by atoms with E-state index in [2.05, 4.69) is 5.32 Å². The molecule has 1 aliphatic rings. The van der Waals surface area contributed by atoms with Crippen LogP contribution < -0.4 is 5.32 Å². The van der Waals surface area contributed by atoms with Crippen LogP contribution in [0.4, 0.5) is 0 Å². The van der Waals surface area contributed by atoms with Crippen LogP contribution in [-0.4, -0.2) is 23.2 Å². The van der Waals surface area contributed by atoms with E-state index in [9.17, 15) is 9.90 Å². The first-order chi connectivity index (χ1) is 8.47. The zero-order valence-corrected chi connectivity index (χ0v) is 11.3. The Labute approximate surface area is 108 Å². The van der Waals surface area contributed by atoms with Gasteiger partial charge in [0.1, 0.15) is 0 Å². The number of aliphatic hydroxyl groups is 1. The Kier molecular flexibility index (Phi) is 3.44. The van der Waals surface area contributed by atoms with Crippen LogP contribution in [0.3, 0.4) is 0 Å². The highest BCUT2D eigenvalue weighted by Crippen LogP contribution is 2.32. The summed E-state index contributed by atoms with van der Waals surface area (Å²) in [6, 6.07) is 4.04. The maximum absolute atomic E-state index is 12.3. The molecule has 2 rings (SSSR count). The molecule has 0 aromatic heterocycles. The van der Waals surface area contributed by atoms with Crippen molar-refractivity contribution >= 4 is 5.91 Å². The van der Waals surface area contributed by atoms with Crippen LogP contribution in [0.1, 0.15) is 46.3 Å². The van der Waals surface area contributed by atoms with Gasteiger partial charge in [0.15, 0.2) is 0 Å². The maximum atomic E-state index is 12.3. The molecular formula is C15H21NO2. The van der Waals surface area contributed by atoms with Gasteiger partial charge in [0.25, 0.3) is 5.91 Å². The topological polar surface area (TPSA) is 49.3 Å². The molecule has 1 fully saturated rings. The molecule has 1 saturated carbocycles. The molecule has 1 aliphatic carbocycles. The number of carbonyl (C=O) groups excluding carboxylic acids is 1. The van der Waals surface area contributed by atoms with Gasteiger partial charge in [0.2, 0.25) is 0 Å². The van der Waals surface area contributed by atoms with E-state index in [0.717, 1.165) is 36.0 Å². The average Bonchev–Trinajstić information content (AvgIpc) is 2.21. The zero-order chi connectivity index (χ0) is 13.3. The van der Waals surface area contributed by atoms with Crippen molar-refractivity contribution in [1.82, 2.24) is 5.32 Å². The lowest BCUT2D eigenvalue weighted by Crippen LogP contribution is -2.56. The molecule has 0 atom stereocenters. The first kappa shape index (κ1) is 13.1. The largest absolute Gasteiger partial charge is 0.394 e. The molecule has 2 N–H and O–H groups in total. The highest BCUT2D eigenvalue weighted by Gasteiger charge is 2.38. The Morgan fingerprint density at radius 1 is 1.28 bits per heavy atom. The van der Waals surface area contributed by atoms with E-state index in [-0.39, 0.29) is 18.1 Å². The molecule has 0 unspecified atom stereocenters. The van der Waals surface area contributed by atoms with Gasteiger partial charge in [-0.15, -0.1) is 0 Å². The highest BCUT2D eigenvalue weighted by molar-refractivity contribution is 5.97. The Hall–Kier alpha value is -1.35. The fourth-order valence-corrected chi connectivity index (χ4v) is 2.77. The van der Waals surface area contributed by atoms with Crippen molar-refractivity contribution in [3.63, 3.8) is 0 Å². The van der Waals surface area contributed by atoms with Gasteiger partial charge in [0, 0.05) is 5.56 Å². The van der Waals surface area contributed by atoms with Crippen molar-refractivity contribution in [2.24, 2.45) is 0 Å². The number of hydrogen-bond donors (Lipinski definition) is 2. The number of nitrogens with one attached hydrogen (secondary N) is 1. The normalized spacial score (nSPS) is 17.1. The fourth-order valence-electron chi connectivity index (χ4n) is 2.77. The fraction of sp³-hybridized carbons (Fsp3) is 0.533. The number of hydrogen-bond acceptors (Lipinski definition) is 2. The third-order valence-electron chi connectivity index (χ3n) is 3.90. The predicted molar refractivity (Wildman–Crippen MR) is 71.8 cm³/mol. The molecule has 0 bridgehead atoms. The Morgan fingerprint density at radius 3 is 2.22 bits per heavy atom. The third-order valence-corrected chi connectivity index (χ3v) is 3.90. The van der Waals surface area contributed by atoms with E-state index in [1.807, 2.05) is 32.9 Å². The first-order valence-electron chi connectivity index (χ1n) is 6.49. The van der Waals surface area contributed by atoms with Gasteiger partial charge in [-0.3, -0.25) is 4.79 Å². The van der Waals surface area contributed by atoms with E-state index < -0.39 is 0 Å². The zero-order valence-electron chi connectivity index (χ0n) is 11.3. The smallest absolute Gasteiger partial charge is 0.252 e. The van der Waals surface area contributed by atoms with Gasteiger partial charge in [-0.25, -0.2) is 0 Å². The molecule has 1 amide bonds. The summed E-state index contributed by atoms with van der Waals surface area (Å²) in [6.45, 7) is 5.98. The second kappa shape index (κ2) is 4.73. The molecule has 18 heavy (non-hydrogen) atoms. The van der Waals surface area contributed by atoms with Crippen molar-refractivity contribution < 1.29 is 9.90 Å². The Bertz CT molecular complexity index is 447. The summed E-state index contributed by atoms with van der Waals surface area (Å²) in [6.07, 6.45) is 2.82. The van der Waals surface area contributed by atoms with Gasteiger partial charge >= 0.3 is 0 Å². The molecule has 1 aromatic carbocycles. The van der Waals surface area contributed by atoms with E-state index in [1.165, 1.54) is 5.56 Å². The summed E-state index contributed by atoms with van der Waals surface area (Å²) in [5, 5.41) is 12.4. The lowest BCUT2D eigenvalue weighted by Gasteiger charge is -2.41. The van der Waals surface area contributed by atoms with Crippen molar-refractivity contribution in [1.29, 1.82) is 0 Å². The quantitative estimate of drug-likeness (QED) is 0.860. The van der Waals surface area contributed by atoms with Crippen molar-refractivity contribution in [3.05, 3.63) is 34.4 Å². The van der Waals surface area contributed by atoms with Gasteiger partial charge in [-0.1, -0.05) is 17.7 Å². The van der Waals surface area contributed by atoms with Gasteiger partial charge in [0.05, 0.1) is 12.1 Å². The van der Waals surface area contributed by atoms with Gasteiger partial charge < -0.3 is 10.4 Å². The standard InChI is InChI=1S/C15H21NO2/c1-10-7-11(2)13(12(3)8-10)14(18)16-15(9-17)5-4-6-15/h7-8,17H,4-6,9H2,1-3H3,(H,16,18). The number of rotatable bonds is 3. The summed E-state index contributed by atoms with van der Waals surface area (Å²) >= 11 is 0. The van der Waals surface area contributed by atoms with Gasteiger partial charge in [-0.05, 0) is 51.2 Å². The van der Waals surface area contributed by atoms with Crippen molar-refractivity contribution in [2.75, 3.05) is 6.61 Å². The number of aliphatic hydroxyl groups excluding tert-OH is 1. The predicted octanol–water partition coefficient (Wildman–Crippen LogP) is 2.26. The molecular weight excluding hydrogens is 226 g/mol. The Balaban J connectivity index is 2.24. The number of amides is 1. The molecule has 3 nitrogen and oxygen atoms in total. The Morgan fingerprint density at radius 2 is 1.83 bits per heavy atom. The number of aryl methyl sites for hydroxylation is 3. The van der Waals surface area contributed by atoms with Crippen LogP contribution in [0.25, 0.3) is 0 Å². The van der Waals surface area contributed by atoms with Crippen LogP contribution >= 0.6 is 0 Å². The molecule has 0 radical (unpaired) electrons. The molecule has 0 spiro atoms. The lowest BCUT2D eigenvalue weighted by atomic mass is 9.77. The maximum Gasteiger partial charge on any atom is 0.252 e. The minimum atomic E-state index is -0.374. The van der Waals surface area contributed by atoms with Crippen LogP contribution in [-0.2, 0) is 0 Å². The summed E-state index contributed by atoms with van der Waals surface area (Å²) in [5.74, 6) is -0.0567. The molecule has 3 heteroatoms. The molecule has 0 heterocycles. The summed E-state index contributed by atoms with van der Waals surface area (Å²) in [7, 11) is 0. The van der Waals surface area contributed by atoms with Crippen LogP contribution in [0, 0.1) is 20.8 Å². The molecule has 0 saturated heterocycles. The van der Waals surface area contributed by atoms with Gasteiger partial charge in [-0.2, -0.15) is 0 Å². The second-order valence-corrected chi connectivity index (χ2v) is 5.52. The summed E-state index contributed by atoms with van der Waals surface area (Å²) < 4.78 is 0. The van der Waals surface area contributed by atoms with Crippen molar-refractivity contribution in [2.45, 2.75) is 45.6 Å². The number of carbonyl (C=O) groups is 1. The van der Waals surface area contributed by atoms with Crippen LogP contribution in [0.2, 0.25) is 0 Å². The van der Waals surface area contributed by atoms with Crippen molar-refractivity contribution in [3.8, 4) is 0 Å². The first-order valence-corrected chi connectivity index (χ1v) is 6.49. The minimum absolute atomic E-state index is 0.0305. The summed E-state index contributed by atoms with van der Waals surface area (Å²) in [5.41, 5.74) is 3.54. The average molecular weight is 247 g/mol. The SMILES string of the molecule is Cc1cc(C)c(C(=O)NC2(CO)CCC2)c(C)c1. The minimum Gasteiger partial charge on any atom is -0.394 e. The van der Waals surface area contributed by atoms with E-state index in [4.69, 9.17) is 0 Å². The van der Waals surface area contributed by atoms with Crippen LogP contribution in [0.15, 0.2) is 12.1 Å². The summed E-state index contributed by atoms with van der Waals surface area (Å²) in [4.78, 5) is 12.3. The third kappa shape index (κ3) is 2.27. The number of benzene rings is 1. The van der Waals surface area contributed by atoms with E-state index in [0.29, 0.717) is 0 Å². The monoisotopic (exact) mass is 247 g/mol. The van der Waals surface area contributed by atoms with Crippen LogP contribution in [0.5, 0.6) is 0 Å². The lowest BCUT2D eigenvalue weighted by molar-refractivity contribution is 0.0640. The molecule has 0 aliphatic heterocycles. The molecule has 1 aromatic rings. The second-order valence-electron chi connectivity index (χ2n) is 5.52. The van der Waals surface area contributed by atoms with E-state index >= 15 is 0 Å². The highest BCUT2D eigenvalue weighted by atomic mass is 16.3. The molecule has 98 valence electrons.